The third kappa shape index (κ3) is 3.86. The van der Waals surface area contributed by atoms with Crippen molar-refractivity contribution in [2.24, 2.45) is 4.99 Å². The van der Waals surface area contributed by atoms with Crippen LogP contribution in [0, 0.1) is 0 Å². The number of nitrogens with zero attached hydrogens (tertiary/aromatic N) is 1. The molecule has 0 aromatic carbocycles. The van der Waals surface area contributed by atoms with Crippen molar-refractivity contribution in [3.63, 3.8) is 0 Å². The molecule has 1 nitrogen and oxygen atoms in total. The summed E-state index contributed by atoms with van der Waals surface area (Å²) in [6, 6.07) is 0.442. The van der Waals surface area contributed by atoms with Crippen LogP contribution in [0.2, 0.25) is 0 Å². The summed E-state index contributed by atoms with van der Waals surface area (Å²) in [5, 5.41) is 0. The Labute approximate surface area is 50.2 Å². The molecule has 0 rings (SSSR count). The van der Waals surface area contributed by atoms with E-state index in [0.29, 0.717) is 6.04 Å². The molecule has 0 aliphatic heterocycles. The summed E-state index contributed by atoms with van der Waals surface area (Å²) in [5.41, 5.74) is 1.55. The maximum Gasteiger partial charge on any atom is 0.0513 e. The molecule has 0 amide bonds. The molecule has 2 heteroatoms. The summed E-state index contributed by atoms with van der Waals surface area (Å²) < 4.78 is 0. The lowest BCUT2D eigenvalue weighted by Gasteiger charge is -1.95. The number of aliphatic imine (C=N–C) groups is 1. The zero-order valence-corrected chi connectivity index (χ0v) is 5.65. The van der Waals surface area contributed by atoms with Gasteiger partial charge in [0.05, 0.1) is 5.55 Å². The van der Waals surface area contributed by atoms with Gasteiger partial charge in [-0.25, -0.2) is 0 Å². The van der Waals surface area contributed by atoms with E-state index in [-0.39, 0.29) is 0 Å². The van der Waals surface area contributed by atoms with Crippen LogP contribution >= 0.6 is 12.6 Å². The Hall–Kier alpha value is 0.0200. The fourth-order valence-electron chi connectivity index (χ4n) is 0.219. The largest absolute Gasteiger partial charge is 0.284 e. The van der Waals surface area contributed by atoms with E-state index in [4.69, 9.17) is 0 Å². The molecule has 0 heterocycles. The lowest BCUT2D eigenvalue weighted by molar-refractivity contribution is 0.722. The highest BCUT2D eigenvalue weighted by atomic mass is 32.1. The number of hydrogen-bond acceptors (Lipinski definition) is 1. The van der Waals surface area contributed by atoms with E-state index >= 15 is 0 Å². The normalized spacial score (nSPS) is 15.3. The van der Waals surface area contributed by atoms with E-state index in [1.165, 1.54) is 0 Å². The van der Waals surface area contributed by atoms with Crippen LogP contribution in [0.5, 0.6) is 0 Å². The van der Waals surface area contributed by atoms with Crippen LogP contribution in [-0.2, 0) is 0 Å². The van der Waals surface area contributed by atoms with Crippen molar-refractivity contribution in [1.82, 2.24) is 0 Å². The molecule has 0 aromatic heterocycles. The van der Waals surface area contributed by atoms with Gasteiger partial charge in [-0.05, 0) is 13.3 Å². The molecule has 0 radical (unpaired) electrons. The second-order valence-electron chi connectivity index (χ2n) is 1.52. The zero-order valence-electron chi connectivity index (χ0n) is 4.76. The van der Waals surface area contributed by atoms with Gasteiger partial charge in [0.1, 0.15) is 0 Å². The molecule has 0 bridgehead atoms. The van der Waals surface area contributed by atoms with Gasteiger partial charge in [0.15, 0.2) is 0 Å². The second kappa shape index (κ2) is 4.19. The van der Waals surface area contributed by atoms with Crippen molar-refractivity contribution in [1.29, 1.82) is 0 Å². The van der Waals surface area contributed by atoms with E-state index in [2.05, 4.69) is 31.5 Å². The Morgan fingerprint density at radius 3 is 2.57 bits per heavy atom. The Bertz CT molecular complexity index is 61.1. The number of hydrogen-bond donors (Lipinski definition) is 1. The van der Waals surface area contributed by atoms with Gasteiger partial charge >= 0.3 is 0 Å². The first-order chi connectivity index (χ1) is 3.31. The average Bonchev–Trinajstić information content (AvgIpc) is 1.68. The minimum Gasteiger partial charge on any atom is -0.284 e. The molecule has 0 N–H and O–H groups in total. The van der Waals surface area contributed by atoms with Crippen LogP contribution in [0.1, 0.15) is 20.3 Å². The van der Waals surface area contributed by atoms with Crippen LogP contribution in [0.15, 0.2) is 4.99 Å². The molecule has 0 saturated heterocycles. The molecule has 0 aliphatic carbocycles. The monoisotopic (exact) mass is 117 g/mol. The molecule has 7 heavy (non-hydrogen) atoms. The number of thiol groups is 1. The Balaban J connectivity index is 3.16. The highest BCUT2D eigenvalue weighted by Gasteiger charge is 1.87. The van der Waals surface area contributed by atoms with Crippen molar-refractivity contribution in [3.8, 4) is 0 Å². The highest BCUT2D eigenvalue weighted by molar-refractivity contribution is 7.94. The molecule has 42 valence electrons. The van der Waals surface area contributed by atoms with E-state index < -0.39 is 0 Å². The van der Waals surface area contributed by atoms with Crippen molar-refractivity contribution in [2.75, 3.05) is 0 Å². The summed E-state index contributed by atoms with van der Waals surface area (Å²) in [5.74, 6) is 0. The molecule has 1 atom stereocenters. The van der Waals surface area contributed by atoms with Gasteiger partial charge in [-0.3, -0.25) is 4.99 Å². The lowest BCUT2D eigenvalue weighted by Crippen LogP contribution is -1.91. The Kier molecular flexibility index (Phi) is 4.20. The Morgan fingerprint density at radius 2 is 2.43 bits per heavy atom. The number of rotatable bonds is 2. The van der Waals surface area contributed by atoms with E-state index in [1.807, 2.05) is 0 Å². The van der Waals surface area contributed by atoms with E-state index in [1.54, 1.807) is 5.55 Å². The maximum absolute atomic E-state index is 3.98. The van der Waals surface area contributed by atoms with Crippen LogP contribution < -0.4 is 0 Å². The van der Waals surface area contributed by atoms with Crippen LogP contribution in [-0.4, -0.2) is 11.6 Å². The molecule has 0 aliphatic rings. The van der Waals surface area contributed by atoms with Gasteiger partial charge in [0, 0.05) is 6.04 Å². The fourth-order valence-corrected chi connectivity index (χ4v) is 0.447. The average molecular weight is 117 g/mol. The maximum atomic E-state index is 3.98. The molecule has 0 spiro atoms. The smallest absolute Gasteiger partial charge is 0.0513 e. The quantitative estimate of drug-likeness (QED) is 0.321. The van der Waals surface area contributed by atoms with Crippen molar-refractivity contribution in [2.45, 2.75) is 26.3 Å². The van der Waals surface area contributed by atoms with Gasteiger partial charge in [0.25, 0.3) is 0 Å². The van der Waals surface area contributed by atoms with E-state index in [0.717, 1.165) is 6.42 Å². The predicted octanol–water partition coefficient (Wildman–Crippen LogP) is 1.74. The third-order valence-electron chi connectivity index (χ3n) is 0.912. The SMILES string of the molecule is CCC(C)/N=C\S. The van der Waals surface area contributed by atoms with Crippen LogP contribution in [0.4, 0.5) is 0 Å². The summed E-state index contributed by atoms with van der Waals surface area (Å²) in [6.07, 6.45) is 1.09. The Morgan fingerprint density at radius 1 is 1.86 bits per heavy atom. The van der Waals surface area contributed by atoms with Gasteiger partial charge in [-0.15, -0.1) is 12.6 Å². The molecular weight excluding hydrogens is 106 g/mol. The second-order valence-corrected chi connectivity index (χ2v) is 1.75. The predicted molar refractivity (Wildman–Crippen MR) is 37.2 cm³/mol. The van der Waals surface area contributed by atoms with Gasteiger partial charge in [0.2, 0.25) is 0 Å². The van der Waals surface area contributed by atoms with Crippen LogP contribution in [0.25, 0.3) is 0 Å². The van der Waals surface area contributed by atoms with Gasteiger partial charge < -0.3 is 0 Å². The topological polar surface area (TPSA) is 12.4 Å². The van der Waals surface area contributed by atoms with Gasteiger partial charge in [-0.2, -0.15) is 0 Å². The van der Waals surface area contributed by atoms with Gasteiger partial charge in [-0.1, -0.05) is 6.92 Å². The first-order valence-corrected chi connectivity index (χ1v) is 2.98. The highest BCUT2D eigenvalue weighted by Crippen LogP contribution is 1.92. The third-order valence-corrected chi connectivity index (χ3v) is 1.05. The fraction of sp³-hybridized carbons (Fsp3) is 0.800. The summed E-state index contributed by atoms with van der Waals surface area (Å²) in [4.78, 5) is 3.98. The molecule has 0 saturated carbocycles. The minimum atomic E-state index is 0.442. The molecule has 0 fully saturated rings. The standard InChI is InChI=1S/C5H11NS/c1-3-5(2)6-4-7/h4-5H,3H2,1-2H3,(H,6,7). The first-order valence-electron chi connectivity index (χ1n) is 2.47. The van der Waals surface area contributed by atoms with Crippen molar-refractivity contribution < 1.29 is 0 Å². The van der Waals surface area contributed by atoms with Crippen molar-refractivity contribution in [3.05, 3.63) is 0 Å². The molecule has 0 aromatic rings. The molecule has 1 unspecified atom stereocenters. The minimum absolute atomic E-state index is 0.442. The van der Waals surface area contributed by atoms with Crippen molar-refractivity contribution >= 4 is 18.2 Å². The summed E-state index contributed by atoms with van der Waals surface area (Å²) >= 11 is 3.82. The van der Waals surface area contributed by atoms with Crippen LogP contribution in [0.3, 0.4) is 0 Å². The first kappa shape index (κ1) is 7.02. The zero-order chi connectivity index (χ0) is 5.70. The summed E-state index contributed by atoms with van der Waals surface area (Å²) in [6.45, 7) is 4.16. The summed E-state index contributed by atoms with van der Waals surface area (Å²) in [7, 11) is 0. The molecular formula is C5H11NS. The van der Waals surface area contributed by atoms with E-state index in [9.17, 15) is 0 Å². The lowest BCUT2D eigenvalue weighted by atomic mass is 10.3.